The summed E-state index contributed by atoms with van der Waals surface area (Å²) in [5.41, 5.74) is 3.57. The van der Waals surface area contributed by atoms with Gasteiger partial charge in [-0.15, -0.1) is 0 Å². The number of hydrogen-bond donors (Lipinski definition) is 2. The maximum atomic E-state index is 5.31. The van der Waals surface area contributed by atoms with Crippen molar-refractivity contribution in [3.8, 4) is 0 Å². The van der Waals surface area contributed by atoms with Crippen molar-refractivity contribution in [3.05, 3.63) is 65.7 Å². The van der Waals surface area contributed by atoms with Gasteiger partial charge in [0, 0.05) is 12.2 Å². The molecule has 0 fully saturated rings. The molecule has 0 aliphatic rings. The Morgan fingerprint density at radius 2 is 1.70 bits per heavy atom. The summed E-state index contributed by atoms with van der Waals surface area (Å²) in [4.78, 5) is 0. The molecule has 0 bridgehead atoms. The molecule has 1 atom stereocenters. The summed E-state index contributed by atoms with van der Waals surface area (Å²) in [6.45, 7) is 5.08. The molecule has 0 radical (unpaired) electrons. The molecule has 0 heterocycles. The molecular formula is C17H20N2S. The maximum Gasteiger partial charge on any atom is 0.170 e. The number of anilines is 1. The van der Waals surface area contributed by atoms with Crippen LogP contribution in [-0.2, 0) is 0 Å². The molecule has 2 nitrogen and oxygen atoms in total. The normalized spacial score (nSPS) is 11.7. The van der Waals surface area contributed by atoms with Crippen molar-refractivity contribution in [2.24, 2.45) is 0 Å². The number of nitrogens with one attached hydrogen (secondary N) is 2. The van der Waals surface area contributed by atoms with Gasteiger partial charge in [0.1, 0.15) is 0 Å². The average Bonchev–Trinajstić information content (AvgIpc) is 2.48. The van der Waals surface area contributed by atoms with Gasteiger partial charge in [-0.05, 0) is 42.8 Å². The first-order chi connectivity index (χ1) is 9.65. The fourth-order valence-electron chi connectivity index (χ4n) is 1.96. The van der Waals surface area contributed by atoms with Gasteiger partial charge in [-0.3, -0.25) is 0 Å². The first-order valence-corrected chi connectivity index (χ1v) is 7.22. The molecule has 2 N–H and O–H groups in total. The van der Waals surface area contributed by atoms with Crippen molar-refractivity contribution in [2.45, 2.75) is 19.8 Å². The van der Waals surface area contributed by atoms with E-state index in [1.54, 1.807) is 0 Å². The molecule has 0 saturated heterocycles. The Bertz CT molecular complexity index is 549. The first kappa shape index (κ1) is 14.5. The highest BCUT2D eigenvalue weighted by molar-refractivity contribution is 7.80. The standard InChI is InChI=1S/C17H20N2S/c1-13-8-10-16(11-9-13)19-17(20)18-12-14(2)15-6-4-3-5-7-15/h3-11,14H,12H2,1-2H3,(H2,18,19,20)/t14-/m0/s1. The van der Waals surface area contributed by atoms with Crippen molar-refractivity contribution in [1.82, 2.24) is 5.32 Å². The number of thiocarbonyl (C=S) groups is 1. The van der Waals surface area contributed by atoms with Crippen molar-refractivity contribution in [2.75, 3.05) is 11.9 Å². The average molecular weight is 284 g/mol. The lowest BCUT2D eigenvalue weighted by Crippen LogP contribution is -2.31. The molecule has 3 heteroatoms. The maximum absolute atomic E-state index is 5.31. The second-order valence-electron chi connectivity index (χ2n) is 5.01. The summed E-state index contributed by atoms with van der Waals surface area (Å²) in [5.74, 6) is 0.425. The van der Waals surface area contributed by atoms with Crippen LogP contribution in [0.15, 0.2) is 54.6 Å². The van der Waals surface area contributed by atoms with E-state index in [0.29, 0.717) is 11.0 Å². The third-order valence-electron chi connectivity index (χ3n) is 3.25. The van der Waals surface area contributed by atoms with Crippen molar-refractivity contribution in [3.63, 3.8) is 0 Å². The number of aryl methyl sites for hydroxylation is 1. The molecule has 0 aliphatic heterocycles. The van der Waals surface area contributed by atoms with E-state index in [1.165, 1.54) is 11.1 Å². The van der Waals surface area contributed by atoms with Crippen molar-refractivity contribution < 1.29 is 0 Å². The lowest BCUT2D eigenvalue weighted by atomic mass is 10.0. The summed E-state index contributed by atoms with van der Waals surface area (Å²) in [5, 5.41) is 7.12. The predicted octanol–water partition coefficient (Wildman–Crippen LogP) is 4.09. The van der Waals surface area contributed by atoms with Crippen LogP contribution in [0.5, 0.6) is 0 Å². The van der Waals surface area contributed by atoms with Gasteiger partial charge in [0.15, 0.2) is 5.11 Å². The van der Waals surface area contributed by atoms with E-state index in [-0.39, 0.29) is 0 Å². The minimum atomic E-state index is 0.425. The van der Waals surface area contributed by atoms with Crippen LogP contribution in [0.3, 0.4) is 0 Å². The van der Waals surface area contributed by atoms with E-state index >= 15 is 0 Å². The summed E-state index contributed by atoms with van der Waals surface area (Å²) < 4.78 is 0. The number of benzene rings is 2. The fraction of sp³-hybridized carbons (Fsp3) is 0.235. The molecule has 2 aromatic rings. The van der Waals surface area contributed by atoms with Crippen LogP contribution in [0.4, 0.5) is 5.69 Å². The van der Waals surface area contributed by atoms with Crippen LogP contribution in [-0.4, -0.2) is 11.7 Å². The smallest absolute Gasteiger partial charge is 0.170 e. The van der Waals surface area contributed by atoms with E-state index in [1.807, 2.05) is 18.2 Å². The largest absolute Gasteiger partial charge is 0.362 e. The molecule has 0 amide bonds. The third-order valence-corrected chi connectivity index (χ3v) is 3.49. The Hall–Kier alpha value is -1.87. The second kappa shape index (κ2) is 7.06. The van der Waals surface area contributed by atoms with Gasteiger partial charge in [0.05, 0.1) is 0 Å². The summed E-state index contributed by atoms with van der Waals surface area (Å²) in [6, 6.07) is 18.6. The van der Waals surface area contributed by atoms with E-state index in [9.17, 15) is 0 Å². The topological polar surface area (TPSA) is 24.1 Å². The highest BCUT2D eigenvalue weighted by Gasteiger charge is 2.05. The van der Waals surface area contributed by atoms with Crippen LogP contribution >= 0.6 is 12.2 Å². The van der Waals surface area contributed by atoms with Gasteiger partial charge in [-0.25, -0.2) is 0 Å². The highest BCUT2D eigenvalue weighted by atomic mass is 32.1. The van der Waals surface area contributed by atoms with E-state index in [0.717, 1.165) is 12.2 Å². The molecule has 0 aromatic heterocycles. The monoisotopic (exact) mass is 284 g/mol. The molecule has 0 spiro atoms. The number of rotatable bonds is 4. The van der Waals surface area contributed by atoms with E-state index < -0.39 is 0 Å². The van der Waals surface area contributed by atoms with Crippen LogP contribution in [0.1, 0.15) is 24.0 Å². The zero-order valence-corrected chi connectivity index (χ0v) is 12.7. The van der Waals surface area contributed by atoms with Crippen LogP contribution < -0.4 is 10.6 Å². The molecule has 0 unspecified atom stereocenters. The lowest BCUT2D eigenvalue weighted by molar-refractivity contribution is 0.723. The quantitative estimate of drug-likeness (QED) is 0.827. The molecule has 2 aromatic carbocycles. The first-order valence-electron chi connectivity index (χ1n) is 6.81. The zero-order valence-electron chi connectivity index (χ0n) is 11.9. The van der Waals surface area contributed by atoms with Gasteiger partial charge in [0.25, 0.3) is 0 Å². The number of hydrogen-bond acceptors (Lipinski definition) is 1. The van der Waals surface area contributed by atoms with Gasteiger partial charge in [-0.2, -0.15) is 0 Å². The SMILES string of the molecule is Cc1ccc(NC(=S)NC[C@H](C)c2ccccc2)cc1. The minimum absolute atomic E-state index is 0.425. The Balaban J connectivity index is 1.82. The summed E-state index contributed by atoms with van der Waals surface area (Å²) in [7, 11) is 0. The Morgan fingerprint density at radius 3 is 2.35 bits per heavy atom. The van der Waals surface area contributed by atoms with Crippen LogP contribution in [0.2, 0.25) is 0 Å². The van der Waals surface area contributed by atoms with Gasteiger partial charge < -0.3 is 10.6 Å². The van der Waals surface area contributed by atoms with E-state index in [2.05, 4.69) is 60.9 Å². The van der Waals surface area contributed by atoms with E-state index in [4.69, 9.17) is 12.2 Å². The van der Waals surface area contributed by atoms with Crippen molar-refractivity contribution >= 4 is 23.0 Å². The third kappa shape index (κ3) is 4.35. The predicted molar refractivity (Wildman–Crippen MR) is 90.3 cm³/mol. The van der Waals surface area contributed by atoms with Crippen LogP contribution in [0.25, 0.3) is 0 Å². The van der Waals surface area contributed by atoms with Gasteiger partial charge in [-0.1, -0.05) is 55.0 Å². The highest BCUT2D eigenvalue weighted by Crippen LogP contribution is 2.13. The fourth-order valence-corrected chi connectivity index (χ4v) is 2.16. The lowest BCUT2D eigenvalue weighted by Gasteiger charge is -2.15. The Labute approximate surface area is 126 Å². The summed E-state index contributed by atoms with van der Waals surface area (Å²) in [6.07, 6.45) is 0. The molecule has 0 aliphatic carbocycles. The van der Waals surface area contributed by atoms with Crippen molar-refractivity contribution in [1.29, 1.82) is 0 Å². The molecule has 20 heavy (non-hydrogen) atoms. The van der Waals surface area contributed by atoms with Gasteiger partial charge >= 0.3 is 0 Å². The Morgan fingerprint density at radius 1 is 1.05 bits per heavy atom. The molecule has 2 rings (SSSR count). The van der Waals surface area contributed by atoms with Gasteiger partial charge in [0.2, 0.25) is 0 Å². The second-order valence-corrected chi connectivity index (χ2v) is 5.42. The molecular weight excluding hydrogens is 264 g/mol. The minimum Gasteiger partial charge on any atom is -0.362 e. The molecule has 0 saturated carbocycles. The van der Waals surface area contributed by atoms with Crippen LogP contribution in [0, 0.1) is 6.92 Å². The molecule has 104 valence electrons. The zero-order chi connectivity index (χ0) is 14.4. The Kier molecular flexibility index (Phi) is 5.13. The summed E-state index contributed by atoms with van der Waals surface area (Å²) >= 11 is 5.31.